The molecule has 1 N–H and O–H groups in total. The second-order valence-corrected chi connectivity index (χ2v) is 4.27. The predicted octanol–water partition coefficient (Wildman–Crippen LogP) is 3.32. The van der Waals surface area contributed by atoms with Crippen LogP contribution in [-0.4, -0.2) is 10.1 Å². The molecule has 3 rings (SSSR count). The summed E-state index contributed by atoms with van der Waals surface area (Å²) in [4.78, 5) is 4.33. The average molecular weight is 235 g/mol. The lowest BCUT2D eigenvalue weighted by Crippen LogP contribution is -2.01. The first-order valence-electron chi connectivity index (χ1n) is 5.92. The van der Waals surface area contributed by atoms with Gasteiger partial charge in [-0.1, -0.05) is 54.6 Å². The maximum atomic E-state index is 10.3. The maximum absolute atomic E-state index is 10.3. The Morgan fingerprint density at radius 3 is 2.28 bits per heavy atom. The summed E-state index contributed by atoms with van der Waals surface area (Å²) in [6, 6.07) is 19.5. The van der Waals surface area contributed by atoms with E-state index in [1.165, 1.54) is 0 Å². The summed E-state index contributed by atoms with van der Waals surface area (Å²) in [6.45, 7) is 0. The number of aliphatic hydroxyl groups excluding tert-OH is 1. The zero-order chi connectivity index (χ0) is 12.4. The fourth-order valence-corrected chi connectivity index (χ4v) is 2.06. The van der Waals surface area contributed by atoms with Gasteiger partial charge in [-0.05, 0) is 17.0 Å². The Morgan fingerprint density at radius 1 is 0.833 bits per heavy atom. The van der Waals surface area contributed by atoms with Gasteiger partial charge in [-0.2, -0.15) is 0 Å². The Kier molecular flexibility index (Phi) is 2.79. The highest BCUT2D eigenvalue weighted by molar-refractivity contribution is 5.81. The molecule has 1 heterocycles. The molecule has 2 nitrogen and oxygen atoms in total. The Bertz CT molecular complexity index is 664. The summed E-state index contributed by atoms with van der Waals surface area (Å²) in [5.41, 5.74) is 1.54. The van der Waals surface area contributed by atoms with Gasteiger partial charge in [0.1, 0.15) is 6.10 Å². The van der Waals surface area contributed by atoms with Crippen molar-refractivity contribution >= 4 is 10.8 Å². The van der Waals surface area contributed by atoms with E-state index in [1.807, 2.05) is 60.7 Å². The summed E-state index contributed by atoms with van der Waals surface area (Å²) in [5, 5.41) is 12.5. The molecule has 0 bridgehead atoms. The molecule has 0 aliphatic heterocycles. The molecule has 88 valence electrons. The normalized spacial score (nSPS) is 12.5. The van der Waals surface area contributed by atoms with E-state index in [2.05, 4.69) is 4.98 Å². The summed E-state index contributed by atoms with van der Waals surface area (Å²) < 4.78 is 0. The molecule has 2 heteroatoms. The van der Waals surface area contributed by atoms with Crippen LogP contribution < -0.4 is 0 Å². The van der Waals surface area contributed by atoms with Crippen molar-refractivity contribution in [3.05, 3.63) is 78.1 Å². The van der Waals surface area contributed by atoms with Crippen LogP contribution in [0.2, 0.25) is 0 Å². The van der Waals surface area contributed by atoms with Crippen LogP contribution in [0.4, 0.5) is 0 Å². The lowest BCUT2D eigenvalue weighted by Gasteiger charge is -2.11. The Labute approximate surface area is 106 Å². The van der Waals surface area contributed by atoms with E-state index >= 15 is 0 Å². The minimum Gasteiger partial charge on any atom is -0.382 e. The first-order valence-corrected chi connectivity index (χ1v) is 5.92. The van der Waals surface area contributed by atoms with Crippen LogP contribution in [0.15, 0.2) is 66.9 Å². The van der Waals surface area contributed by atoms with Crippen LogP contribution >= 0.6 is 0 Å². The molecule has 18 heavy (non-hydrogen) atoms. The molecule has 0 saturated carbocycles. The number of aliphatic hydroxyl groups is 1. The van der Waals surface area contributed by atoms with E-state index in [1.54, 1.807) is 6.20 Å². The van der Waals surface area contributed by atoms with Gasteiger partial charge in [0.05, 0.1) is 5.69 Å². The van der Waals surface area contributed by atoms with Crippen LogP contribution in [0.25, 0.3) is 10.8 Å². The van der Waals surface area contributed by atoms with E-state index in [-0.39, 0.29) is 0 Å². The van der Waals surface area contributed by atoms with Crippen LogP contribution in [0.1, 0.15) is 17.4 Å². The molecule has 0 spiro atoms. The van der Waals surface area contributed by atoms with Crippen molar-refractivity contribution < 1.29 is 5.11 Å². The molecule has 0 fully saturated rings. The topological polar surface area (TPSA) is 33.1 Å². The SMILES string of the molecule is O[C@H](c1ccccc1)c1cc2ccccc2cn1. The standard InChI is InChI=1S/C16H13NO/c18-16(12-6-2-1-3-7-12)15-10-13-8-4-5-9-14(13)11-17-15/h1-11,16,18H/t16-/m1/s1. The Morgan fingerprint density at radius 2 is 1.50 bits per heavy atom. The molecule has 0 amide bonds. The van der Waals surface area contributed by atoms with Crippen molar-refractivity contribution in [2.75, 3.05) is 0 Å². The first kappa shape index (κ1) is 10.9. The van der Waals surface area contributed by atoms with Crippen LogP contribution in [0.3, 0.4) is 0 Å². The highest BCUT2D eigenvalue weighted by atomic mass is 16.3. The lowest BCUT2D eigenvalue weighted by molar-refractivity contribution is 0.215. The van der Waals surface area contributed by atoms with Gasteiger partial charge in [-0.15, -0.1) is 0 Å². The number of rotatable bonds is 2. The molecule has 1 atom stereocenters. The smallest absolute Gasteiger partial charge is 0.121 e. The molecule has 3 aromatic rings. The third kappa shape index (κ3) is 1.98. The molecule has 2 aromatic carbocycles. The summed E-state index contributed by atoms with van der Waals surface area (Å²) in [5.74, 6) is 0. The average Bonchev–Trinajstić information content (AvgIpc) is 2.47. The summed E-state index contributed by atoms with van der Waals surface area (Å²) >= 11 is 0. The van der Waals surface area contributed by atoms with Crippen LogP contribution in [0, 0.1) is 0 Å². The van der Waals surface area contributed by atoms with Crippen LogP contribution in [0.5, 0.6) is 0 Å². The van der Waals surface area contributed by atoms with E-state index in [0.29, 0.717) is 5.69 Å². The van der Waals surface area contributed by atoms with Gasteiger partial charge in [0.25, 0.3) is 0 Å². The predicted molar refractivity (Wildman–Crippen MR) is 72.2 cm³/mol. The number of aromatic nitrogens is 1. The van der Waals surface area contributed by atoms with Gasteiger partial charge in [-0.3, -0.25) is 4.98 Å². The highest BCUT2D eigenvalue weighted by Gasteiger charge is 2.11. The van der Waals surface area contributed by atoms with Crippen molar-refractivity contribution in [2.45, 2.75) is 6.10 Å². The Balaban J connectivity index is 2.04. The number of benzene rings is 2. The second-order valence-electron chi connectivity index (χ2n) is 4.27. The van der Waals surface area contributed by atoms with Crippen LogP contribution in [-0.2, 0) is 0 Å². The van der Waals surface area contributed by atoms with Gasteiger partial charge < -0.3 is 5.11 Å². The number of fused-ring (bicyclic) bond motifs is 1. The molecule has 0 unspecified atom stereocenters. The third-order valence-corrected chi connectivity index (χ3v) is 3.05. The molecule has 1 aromatic heterocycles. The summed E-state index contributed by atoms with van der Waals surface area (Å²) in [7, 11) is 0. The van der Waals surface area contributed by atoms with E-state index in [9.17, 15) is 5.11 Å². The largest absolute Gasteiger partial charge is 0.382 e. The lowest BCUT2D eigenvalue weighted by atomic mass is 10.0. The van der Waals surface area contributed by atoms with Crippen molar-refractivity contribution in [3.8, 4) is 0 Å². The first-order chi connectivity index (χ1) is 8.84. The van der Waals surface area contributed by atoms with Gasteiger partial charge >= 0.3 is 0 Å². The number of hydrogen-bond donors (Lipinski definition) is 1. The number of hydrogen-bond acceptors (Lipinski definition) is 2. The fourth-order valence-electron chi connectivity index (χ4n) is 2.06. The van der Waals surface area contributed by atoms with Gasteiger partial charge in [-0.25, -0.2) is 0 Å². The Hall–Kier alpha value is -2.19. The minimum atomic E-state index is -0.671. The van der Waals surface area contributed by atoms with E-state index in [4.69, 9.17) is 0 Å². The second kappa shape index (κ2) is 4.59. The maximum Gasteiger partial charge on any atom is 0.121 e. The number of nitrogens with zero attached hydrogens (tertiary/aromatic N) is 1. The monoisotopic (exact) mass is 235 g/mol. The molecule has 0 radical (unpaired) electrons. The van der Waals surface area contributed by atoms with Crippen molar-refractivity contribution in [1.29, 1.82) is 0 Å². The summed E-state index contributed by atoms with van der Waals surface area (Å²) in [6.07, 6.45) is 1.13. The van der Waals surface area contributed by atoms with Gasteiger partial charge in [0, 0.05) is 11.6 Å². The van der Waals surface area contributed by atoms with Crippen molar-refractivity contribution in [2.24, 2.45) is 0 Å². The molecular weight excluding hydrogens is 222 g/mol. The zero-order valence-corrected chi connectivity index (χ0v) is 9.82. The zero-order valence-electron chi connectivity index (χ0n) is 9.82. The molecular formula is C16H13NO. The fraction of sp³-hybridized carbons (Fsp3) is 0.0625. The molecule has 0 aliphatic rings. The van der Waals surface area contributed by atoms with Crippen molar-refractivity contribution in [3.63, 3.8) is 0 Å². The third-order valence-electron chi connectivity index (χ3n) is 3.05. The van der Waals surface area contributed by atoms with Gasteiger partial charge in [0.2, 0.25) is 0 Å². The molecule has 0 aliphatic carbocycles. The van der Waals surface area contributed by atoms with E-state index in [0.717, 1.165) is 16.3 Å². The highest BCUT2D eigenvalue weighted by Crippen LogP contribution is 2.22. The van der Waals surface area contributed by atoms with E-state index < -0.39 is 6.10 Å². The minimum absolute atomic E-state index is 0.671. The molecule has 0 saturated heterocycles. The van der Waals surface area contributed by atoms with Crippen molar-refractivity contribution in [1.82, 2.24) is 4.98 Å². The quantitative estimate of drug-likeness (QED) is 0.739. The van der Waals surface area contributed by atoms with Gasteiger partial charge in [0.15, 0.2) is 0 Å². The number of pyridine rings is 1.